The van der Waals surface area contributed by atoms with Gasteiger partial charge in [-0.1, -0.05) is 25.5 Å². The maximum absolute atomic E-state index is 11.3. The van der Waals surface area contributed by atoms with Crippen LogP contribution in [0, 0.1) is 28.6 Å². The first-order valence-corrected chi connectivity index (χ1v) is 10.0. The van der Waals surface area contributed by atoms with Crippen molar-refractivity contribution in [1.29, 1.82) is 0 Å². The molecule has 138 valence electrons. The van der Waals surface area contributed by atoms with Gasteiger partial charge < -0.3 is 14.6 Å². The van der Waals surface area contributed by atoms with E-state index in [1.54, 1.807) is 0 Å². The van der Waals surface area contributed by atoms with Crippen LogP contribution in [0.4, 0.5) is 0 Å². The lowest BCUT2D eigenvalue weighted by atomic mass is 9.47. The van der Waals surface area contributed by atoms with E-state index < -0.39 is 5.79 Å². The summed E-state index contributed by atoms with van der Waals surface area (Å²) in [5.74, 6) is 0.953. The van der Waals surface area contributed by atoms with Gasteiger partial charge in [-0.3, -0.25) is 4.79 Å². The fourth-order valence-electron chi connectivity index (χ4n) is 7.29. The molecule has 25 heavy (non-hydrogen) atoms. The normalized spacial score (nSPS) is 56.0. The predicted molar refractivity (Wildman–Crippen MR) is 92.5 cm³/mol. The first kappa shape index (κ1) is 16.3. The molecular weight excluding hydrogens is 316 g/mol. The van der Waals surface area contributed by atoms with E-state index in [1.807, 2.05) is 0 Å². The molecule has 4 heteroatoms. The highest BCUT2D eigenvalue weighted by Gasteiger charge is 2.77. The van der Waals surface area contributed by atoms with Crippen molar-refractivity contribution in [3.63, 3.8) is 0 Å². The highest BCUT2D eigenvalue weighted by Crippen LogP contribution is 2.72. The Kier molecular flexibility index (Phi) is 3.19. The Morgan fingerprint density at radius 3 is 2.84 bits per heavy atom. The van der Waals surface area contributed by atoms with Crippen LogP contribution in [0.25, 0.3) is 0 Å². The van der Waals surface area contributed by atoms with E-state index in [2.05, 4.69) is 19.9 Å². The van der Waals surface area contributed by atoms with Crippen LogP contribution >= 0.6 is 0 Å². The van der Waals surface area contributed by atoms with Gasteiger partial charge >= 0.3 is 5.97 Å². The summed E-state index contributed by atoms with van der Waals surface area (Å²) in [6.07, 6.45) is 10.0. The summed E-state index contributed by atoms with van der Waals surface area (Å²) < 4.78 is 11.2. The SMILES string of the molecule is CC(=O)O[C@@H]1CC[C@@]2(C)C(=CC[C@H]3[C@H]4C[C@H]5O[C@@]5(O)[C@@]4(C)CC[C@@H]32)C1. The third-order valence-corrected chi connectivity index (χ3v) is 8.77. The molecule has 5 rings (SSSR count). The van der Waals surface area contributed by atoms with Gasteiger partial charge in [0.25, 0.3) is 0 Å². The standard InChI is InChI=1S/C21H30O4/c1-12(22)24-14-6-8-19(2)13(10-14)4-5-15-16(19)7-9-20(3)17(15)11-18-21(20,23)25-18/h4,14-18,23H,5-11H2,1-3H3/t14-,15-,16+,17-,18-,19+,20+,21-/m1/s1. The van der Waals surface area contributed by atoms with Crippen molar-refractivity contribution >= 4 is 5.97 Å². The van der Waals surface area contributed by atoms with Crippen molar-refractivity contribution in [3.05, 3.63) is 11.6 Å². The van der Waals surface area contributed by atoms with E-state index >= 15 is 0 Å². The molecule has 4 fully saturated rings. The molecule has 0 aromatic heterocycles. The number of hydrogen-bond donors (Lipinski definition) is 1. The number of ether oxygens (including phenoxy) is 2. The molecule has 0 spiro atoms. The lowest BCUT2D eigenvalue weighted by molar-refractivity contribution is -0.155. The Hall–Kier alpha value is -0.870. The molecule has 4 nitrogen and oxygen atoms in total. The van der Waals surface area contributed by atoms with Gasteiger partial charge in [-0.2, -0.15) is 0 Å². The lowest BCUT2D eigenvalue weighted by Gasteiger charge is -2.58. The zero-order valence-electron chi connectivity index (χ0n) is 15.6. The summed E-state index contributed by atoms with van der Waals surface area (Å²) >= 11 is 0. The quantitative estimate of drug-likeness (QED) is 0.448. The fourth-order valence-corrected chi connectivity index (χ4v) is 7.29. The third-order valence-electron chi connectivity index (χ3n) is 8.77. The van der Waals surface area contributed by atoms with Crippen molar-refractivity contribution in [1.82, 2.24) is 0 Å². The maximum Gasteiger partial charge on any atom is 0.302 e. The van der Waals surface area contributed by atoms with Gasteiger partial charge in [0.05, 0.1) is 0 Å². The second-order valence-corrected chi connectivity index (χ2v) is 9.73. The number of aliphatic hydroxyl groups is 1. The number of hydrogen-bond acceptors (Lipinski definition) is 4. The Balaban J connectivity index is 1.42. The molecule has 8 atom stereocenters. The minimum Gasteiger partial charge on any atom is -0.462 e. The molecule has 1 N–H and O–H groups in total. The number of epoxide rings is 1. The Morgan fingerprint density at radius 2 is 2.08 bits per heavy atom. The average Bonchev–Trinajstić information content (AvgIpc) is 3.16. The highest BCUT2D eigenvalue weighted by molar-refractivity contribution is 5.66. The Morgan fingerprint density at radius 1 is 1.28 bits per heavy atom. The summed E-state index contributed by atoms with van der Waals surface area (Å²) in [4.78, 5) is 11.3. The van der Waals surface area contributed by atoms with Crippen LogP contribution in [0.5, 0.6) is 0 Å². The molecule has 0 radical (unpaired) electrons. The van der Waals surface area contributed by atoms with Gasteiger partial charge in [0.2, 0.25) is 0 Å². The molecule has 0 aromatic rings. The smallest absolute Gasteiger partial charge is 0.302 e. The average molecular weight is 346 g/mol. The monoisotopic (exact) mass is 346 g/mol. The van der Waals surface area contributed by atoms with E-state index in [0.29, 0.717) is 17.8 Å². The Labute approximate surface area is 150 Å². The molecule has 3 saturated carbocycles. The van der Waals surface area contributed by atoms with Gasteiger partial charge in [0.15, 0.2) is 5.79 Å². The summed E-state index contributed by atoms with van der Waals surface area (Å²) in [7, 11) is 0. The third kappa shape index (κ3) is 1.98. The number of carbonyl (C=O) groups is 1. The first-order valence-electron chi connectivity index (χ1n) is 10.0. The Bertz CT molecular complexity index is 656. The molecule has 1 saturated heterocycles. The van der Waals surface area contributed by atoms with Crippen LogP contribution in [-0.4, -0.2) is 29.1 Å². The molecule has 0 unspecified atom stereocenters. The van der Waals surface area contributed by atoms with Gasteiger partial charge in [-0.05, 0) is 61.7 Å². The van der Waals surface area contributed by atoms with Crippen LogP contribution in [0.15, 0.2) is 11.6 Å². The number of rotatable bonds is 1. The van der Waals surface area contributed by atoms with Gasteiger partial charge in [-0.15, -0.1) is 0 Å². The van der Waals surface area contributed by atoms with E-state index in [-0.39, 0.29) is 29.0 Å². The van der Waals surface area contributed by atoms with Crippen LogP contribution in [-0.2, 0) is 14.3 Å². The molecule has 1 heterocycles. The molecule has 0 aromatic carbocycles. The summed E-state index contributed by atoms with van der Waals surface area (Å²) in [5.41, 5.74) is 1.71. The first-order chi connectivity index (χ1) is 11.8. The number of esters is 1. The zero-order valence-corrected chi connectivity index (χ0v) is 15.6. The van der Waals surface area contributed by atoms with Crippen LogP contribution in [0.3, 0.4) is 0 Å². The van der Waals surface area contributed by atoms with Crippen LogP contribution < -0.4 is 0 Å². The second kappa shape index (κ2) is 4.89. The van der Waals surface area contributed by atoms with Crippen molar-refractivity contribution < 1.29 is 19.4 Å². The van der Waals surface area contributed by atoms with E-state index in [1.165, 1.54) is 18.9 Å². The molecule has 0 amide bonds. The molecule has 1 aliphatic heterocycles. The zero-order chi connectivity index (χ0) is 17.6. The summed E-state index contributed by atoms with van der Waals surface area (Å²) in [6.45, 7) is 6.22. The van der Waals surface area contributed by atoms with E-state index in [9.17, 15) is 9.90 Å². The van der Waals surface area contributed by atoms with Crippen molar-refractivity contribution in [3.8, 4) is 0 Å². The molecule has 5 aliphatic rings. The van der Waals surface area contributed by atoms with Crippen molar-refractivity contribution in [2.24, 2.45) is 28.6 Å². The molecule has 4 aliphatic carbocycles. The fraction of sp³-hybridized carbons (Fsp3) is 0.857. The minimum absolute atomic E-state index is 0.0600. The minimum atomic E-state index is -0.833. The number of fused-ring (bicyclic) bond motifs is 7. The van der Waals surface area contributed by atoms with Gasteiger partial charge in [-0.25, -0.2) is 0 Å². The van der Waals surface area contributed by atoms with Gasteiger partial charge in [0, 0.05) is 18.8 Å². The van der Waals surface area contributed by atoms with Crippen LogP contribution in [0.2, 0.25) is 0 Å². The predicted octanol–water partition coefficient (Wildman–Crippen LogP) is 3.58. The maximum atomic E-state index is 11.3. The van der Waals surface area contributed by atoms with Crippen molar-refractivity contribution in [2.45, 2.75) is 83.7 Å². The number of allylic oxidation sites excluding steroid dienone is 1. The number of carbonyl (C=O) groups excluding carboxylic acids is 1. The largest absolute Gasteiger partial charge is 0.462 e. The van der Waals surface area contributed by atoms with E-state index in [4.69, 9.17) is 9.47 Å². The highest BCUT2D eigenvalue weighted by atomic mass is 16.7. The summed E-state index contributed by atoms with van der Waals surface area (Å²) in [5, 5.41) is 10.8. The van der Waals surface area contributed by atoms with E-state index in [0.717, 1.165) is 38.5 Å². The second-order valence-electron chi connectivity index (χ2n) is 9.73. The topological polar surface area (TPSA) is 59.1 Å². The van der Waals surface area contributed by atoms with Gasteiger partial charge in [0.1, 0.15) is 12.2 Å². The van der Waals surface area contributed by atoms with Crippen molar-refractivity contribution in [2.75, 3.05) is 0 Å². The van der Waals surface area contributed by atoms with Crippen LogP contribution in [0.1, 0.15) is 65.7 Å². The molecule has 0 bridgehead atoms. The summed E-state index contributed by atoms with van der Waals surface area (Å²) in [6, 6.07) is 0. The molecular formula is C21H30O4. The lowest BCUT2D eigenvalue weighted by Crippen LogP contribution is -2.53.